The number of allylic oxidation sites excluding steroid dienone is 6. The zero-order valence-corrected chi connectivity index (χ0v) is 17.1. The molecule has 2 nitrogen and oxygen atoms in total. The largest absolute Gasteiger partial charge is 0.392 e. The van der Waals surface area contributed by atoms with E-state index in [4.69, 9.17) is 9.84 Å². The van der Waals surface area contributed by atoms with E-state index in [2.05, 4.69) is 59.8 Å². The molecule has 0 amide bonds. The van der Waals surface area contributed by atoms with Crippen molar-refractivity contribution in [3.05, 3.63) is 46.6 Å². The number of hydrogen-bond acceptors (Lipinski definition) is 2. The first-order chi connectivity index (χ1) is 11.3. The highest BCUT2D eigenvalue weighted by atomic mass is 16.5. The molecule has 0 fully saturated rings. The maximum atomic E-state index is 8.55. The maximum Gasteiger partial charge on any atom is 0.0649 e. The monoisotopic (exact) mass is 336 g/mol. The van der Waals surface area contributed by atoms with Crippen LogP contribution in [-0.4, -0.2) is 24.9 Å². The van der Waals surface area contributed by atoms with E-state index < -0.39 is 0 Å². The van der Waals surface area contributed by atoms with Crippen LogP contribution in [-0.2, 0) is 4.74 Å². The van der Waals surface area contributed by atoms with E-state index in [1.807, 2.05) is 13.0 Å². The van der Waals surface area contributed by atoms with Crippen molar-refractivity contribution in [1.29, 1.82) is 0 Å². The molecule has 140 valence electrons. The lowest BCUT2D eigenvalue weighted by atomic mass is 10.1. The second kappa shape index (κ2) is 18.2. The molecule has 0 saturated heterocycles. The molecule has 0 radical (unpaired) electrons. The number of rotatable bonds is 10. The highest BCUT2D eigenvalue weighted by Gasteiger charge is 1.88. The Balaban J connectivity index is 0. The average Bonchev–Trinajstić information content (AvgIpc) is 2.47. The summed E-state index contributed by atoms with van der Waals surface area (Å²) in [5.41, 5.74) is 5.45. The number of aliphatic hydroxyl groups is 1. The van der Waals surface area contributed by atoms with E-state index in [0.29, 0.717) is 0 Å². The summed E-state index contributed by atoms with van der Waals surface area (Å²) in [6.45, 7) is 16.4. The van der Waals surface area contributed by atoms with Crippen molar-refractivity contribution in [2.75, 3.05) is 19.8 Å². The van der Waals surface area contributed by atoms with Crippen molar-refractivity contribution in [2.24, 2.45) is 0 Å². The molecule has 2 heteroatoms. The highest BCUT2D eigenvalue weighted by molar-refractivity contribution is 5.02. The Morgan fingerprint density at radius 2 is 1.21 bits per heavy atom. The topological polar surface area (TPSA) is 29.5 Å². The van der Waals surface area contributed by atoms with Crippen molar-refractivity contribution in [1.82, 2.24) is 0 Å². The first-order valence-electron chi connectivity index (χ1n) is 9.10. The van der Waals surface area contributed by atoms with Gasteiger partial charge < -0.3 is 9.84 Å². The third kappa shape index (κ3) is 23.2. The zero-order valence-electron chi connectivity index (χ0n) is 17.1. The van der Waals surface area contributed by atoms with Gasteiger partial charge >= 0.3 is 0 Å². The van der Waals surface area contributed by atoms with Gasteiger partial charge in [0, 0.05) is 6.61 Å². The lowest BCUT2D eigenvalue weighted by molar-refractivity contribution is 0.177. The van der Waals surface area contributed by atoms with Crippen LogP contribution in [0.3, 0.4) is 0 Å². The number of ether oxygens (including phenoxy) is 1. The van der Waals surface area contributed by atoms with Crippen LogP contribution in [0.15, 0.2) is 46.6 Å². The van der Waals surface area contributed by atoms with Crippen LogP contribution >= 0.6 is 0 Å². The molecule has 0 heterocycles. The molecule has 0 spiro atoms. The van der Waals surface area contributed by atoms with Crippen molar-refractivity contribution in [3.63, 3.8) is 0 Å². The molecule has 0 saturated carbocycles. The zero-order chi connectivity index (χ0) is 18.8. The van der Waals surface area contributed by atoms with Gasteiger partial charge in [0.15, 0.2) is 0 Å². The van der Waals surface area contributed by atoms with Crippen molar-refractivity contribution < 1.29 is 9.84 Å². The molecule has 0 bridgehead atoms. The van der Waals surface area contributed by atoms with Crippen molar-refractivity contribution in [3.8, 4) is 0 Å². The van der Waals surface area contributed by atoms with Crippen LogP contribution in [0.5, 0.6) is 0 Å². The van der Waals surface area contributed by atoms with Gasteiger partial charge in [-0.2, -0.15) is 0 Å². The van der Waals surface area contributed by atoms with E-state index in [1.165, 1.54) is 22.3 Å². The van der Waals surface area contributed by atoms with Gasteiger partial charge in [-0.3, -0.25) is 0 Å². The average molecular weight is 337 g/mol. The summed E-state index contributed by atoms with van der Waals surface area (Å²) in [5, 5.41) is 8.55. The fourth-order valence-corrected chi connectivity index (χ4v) is 1.86. The number of hydrogen-bond donors (Lipinski definition) is 1. The van der Waals surface area contributed by atoms with Crippen molar-refractivity contribution in [2.45, 2.75) is 74.1 Å². The first-order valence-corrected chi connectivity index (χ1v) is 9.10. The van der Waals surface area contributed by atoms with E-state index >= 15 is 0 Å². The molecular weight excluding hydrogens is 296 g/mol. The van der Waals surface area contributed by atoms with Crippen LogP contribution < -0.4 is 0 Å². The molecule has 0 rings (SSSR count). The van der Waals surface area contributed by atoms with Crippen LogP contribution in [0.25, 0.3) is 0 Å². The lowest BCUT2D eigenvalue weighted by Gasteiger charge is -1.99. The quantitative estimate of drug-likeness (QED) is 0.370. The molecule has 24 heavy (non-hydrogen) atoms. The normalized spacial score (nSPS) is 11.5. The molecule has 0 aliphatic rings. The van der Waals surface area contributed by atoms with Gasteiger partial charge in [-0.15, -0.1) is 0 Å². The second-order valence-electron chi connectivity index (χ2n) is 6.58. The van der Waals surface area contributed by atoms with Crippen LogP contribution in [0.2, 0.25) is 0 Å². The van der Waals surface area contributed by atoms with Gasteiger partial charge in [0.05, 0.1) is 13.2 Å². The van der Waals surface area contributed by atoms with Gasteiger partial charge in [0.25, 0.3) is 0 Å². The Bertz CT molecular complexity index is 404. The predicted octanol–water partition coefficient (Wildman–Crippen LogP) is 6.39. The molecule has 0 atom stereocenters. The van der Waals surface area contributed by atoms with Crippen LogP contribution in [0.4, 0.5) is 0 Å². The molecular formula is C22H40O2. The highest BCUT2D eigenvalue weighted by Crippen LogP contribution is 2.06. The van der Waals surface area contributed by atoms with Crippen LogP contribution in [0.1, 0.15) is 74.1 Å². The predicted molar refractivity (Wildman–Crippen MR) is 108 cm³/mol. The summed E-state index contributed by atoms with van der Waals surface area (Å²) in [5.74, 6) is 0. The van der Waals surface area contributed by atoms with Crippen molar-refractivity contribution >= 4 is 0 Å². The lowest BCUT2D eigenvalue weighted by Crippen LogP contribution is -1.90. The Hall–Kier alpha value is -1.12. The molecule has 0 aromatic carbocycles. The third-order valence-corrected chi connectivity index (χ3v) is 3.38. The van der Waals surface area contributed by atoms with E-state index in [9.17, 15) is 0 Å². The standard InChI is InChI=1S/C12H22O.C10H18O/c1-5-13-10-9-12(4)8-6-7-11(2)3;1-9(2)5-4-6-10(3)7-8-11/h7,9H,5-6,8,10H2,1-4H3;5,7,11H,4,6,8H2,1-3H3/b12-9-;10-7-. The minimum Gasteiger partial charge on any atom is -0.392 e. The van der Waals surface area contributed by atoms with E-state index in [0.717, 1.165) is 38.9 Å². The molecule has 0 aromatic heterocycles. The minimum atomic E-state index is 0.167. The second-order valence-corrected chi connectivity index (χ2v) is 6.58. The summed E-state index contributed by atoms with van der Waals surface area (Å²) in [6, 6.07) is 0. The summed E-state index contributed by atoms with van der Waals surface area (Å²) >= 11 is 0. The number of aliphatic hydroxyl groups excluding tert-OH is 1. The molecule has 0 aliphatic heterocycles. The maximum absolute atomic E-state index is 8.55. The van der Waals surface area contributed by atoms with Gasteiger partial charge in [0.1, 0.15) is 0 Å². The summed E-state index contributed by atoms with van der Waals surface area (Å²) in [6.07, 6.45) is 13.0. The summed E-state index contributed by atoms with van der Waals surface area (Å²) < 4.78 is 5.24. The molecule has 0 aliphatic carbocycles. The fourth-order valence-electron chi connectivity index (χ4n) is 1.86. The minimum absolute atomic E-state index is 0.167. The molecule has 0 aromatic rings. The van der Waals surface area contributed by atoms with Gasteiger partial charge in [-0.05, 0) is 74.1 Å². The first kappa shape index (κ1) is 25.1. The Morgan fingerprint density at radius 3 is 1.58 bits per heavy atom. The van der Waals surface area contributed by atoms with Gasteiger partial charge in [-0.1, -0.05) is 46.6 Å². The Morgan fingerprint density at radius 1 is 0.750 bits per heavy atom. The van der Waals surface area contributed by atoms with E-state index in [1.54, 1.807) is 0 Å². The van der Waals surface area contributed by atoms with Gasteiger partial charge in [-0.25, -0.2) is 0 Å². The molecule has 1 N–H and O–H groups in total. The molecule has 0 unspecified atom stereocenters. The summed E-state index contributed by atoms with van der Waals surface area (Å²) in [7, 11) is 0. The summed E-state index contributed by atoms with van der Waals surface area (Å²) in [4.78, 5) is 0. The van der Waals surface area contributed by atoms with Crippen LogP contribution in [0, 0.1) is 0 Å². The Labute approximate surface area is 151 Å². The smallest absolute Gasteiger partial charge is 0.0649 e. The van der Waals surface area contributed by atoms with Gasteiger partial charge in [0.2, 0.25) is 0 Å². The SMILES string of the molecule is CC(C)=CCC/C(C)=C\CO.CCOC/C=C(/C)CCC=C(C)C. The third-order valence-electron chi connectivity index (χ3n) is 3.38. The fraction of sp³-hybridized carbons (Fsp3) is 0.636. The van der Waals surface area contributed by atoms with E-state index in [-0.39, 0.29) is 6.61 Å². The Kier molecular flexibility index (Phi) is 19.1.